The molecule has 18 heavy (non-hydrogen) atoms. The standard InChI is InChI=1S/C11H10F3NO3/c1-17-8-4-2-7(3-5-8)9-6-10(16,18-15-9)11(12,13)14/h2-5,16H,6H2,1H3. The van der Waals surface area contributed by atoms with Gasteiger partial charge in [-0.2, -0.15) is 13.2 Å². The van der Waals surface area contributed by atoms with Gasteiger partial charge in [0.15, 0.2) is 0 Å². The number of hydrogen-bond donors (Lipinski definition) is 1. The molecule has 0 aliphatic carbocycles. The second kappa shape index (κ2) is 4.16. The van der Waals surface area contributed by atoms with Crippen molar-refractivity contribution in [3.8, 4) is 5.75 Å². The molecule has 0 radical (unpaired) electrons. The summed E-state index contributed by atoms with van der Waals surface area (Å²) in [5, 5.41) is 12.6. The minimum atomic E-state index is -4.88. The van der Waals surface area contributed by atoms with Gasteiger partial charge in [-0.3, -0.25) is 0 Å². The lowest BCUT2D eigenvalue weighted by atomic mass is 10.0. The van der Waals surface area contributed by atoms with E-state index >= 15 is 0 Å². The SMILES string of the molecule is COc1ccc(C2=NOC(O)(C(F)(F)F)C2)cc1. The molecule has 1 heterocycles. The van der Waals surface area contributed by atoms with Gasteiger partial charge in [0, 0.05) is 0 Å². The molecule has 7 heteroatoms. The Hall–Kier alpha value is -1.76. The number of ether oxygens (including phenoxy) is 1. The summed E-state index contributed by atoms with van der Waals surface area (Å²) in [6.45, 7) is 0. The van der Waals surface area contributed by atoms with E-state index in [0.717, 1.165) is 0 Å². The average Bonchev–Trinajstić information content (AvgIpc) is 2.73. The number of hydrogen-bond acceptors (Lipinski definition) is 4. The quantitative estimate of drug-likeness (QED) is 0.886. The maximum atomic E-state index is 12.5. The molecule has 0 amide bonds. The predicted molar refractivity (Wildman–Crippen MR) is 56.2 cm³/mol. The Balaban J connectivity index is 2.17. The molecule has 0 bridgehead atoms. The fourth-order valence-corrected chi connectivity index (χ4v) is 1.51. The van der Waals surface area contributed by atoms with E-state index in [9.17, 15) is 18.3 Å². The minimum Gasteiger partial charge on any atom is -0.497 e. The van der Waals surface area contributed by atoms with Gasteiger partial charge in [-0.05, 0) is 29.8 Å². The van der Waals surface area contributed by atoms with E-state index in [-0.39, 0.29) is 5.71 Å². The van der Waals surface area contributed by atoms with Crippen LogP contribution in [0.1, 0.15) is 12.0 Å². The van der Waals surface area contributed by atoms with Crippen molar-refractivity contribution in [2.75, 3.05) is 7.11 Å². The van der Waals surface area contributed by atoms with Gasteiger partial charge < -0.3 is 14.7 Å². The van der Waals surface area contributed by atoms with Crippen molar-refractivity contribution in [2.24, 2.45) is 5.16 Å². The first-order chi connectivity index (χ1) is 8.36. The monoisotopic (exact) mass is 261 g/mol. The van der Waals surface area contributed by atoms with Crippen LogP contribution >= 0.6 is 0 Å². The van der Waals surface area contributed by atoms with Crippen molar-refractivity contribution < 1.29 is 27.9 Å². The lowest BCUT2D eigenvalue weighted by molar-refractivity contribution is -0.355. The Morgan fingerprint density at radius 1 is 1.33 bits per heavy atom. The molecule has 0 saturated heterocycles. The van der Waals surface area contributed by atoms with Crippen LogP contribution in [-0.4, -0.2) is 29.9 Å². The van der Waals surface area contributed by atoms with Crippen LogP contribution in [0.3, 0.4) is 0 Å². The first-order valence-corrected chi connectivity index (χ1v) is 5.04. The summed E-state index contributed by atoms with van der Waals surface area (Å²) in [5.41, 5.74) is 0.480. The smallest absolute Gasteiger partial charge is 0.458 e. The minimum absolute atomic E-state index is 0.0393. The molecule has 1 aliphatic rings. The molecule has 0 spiro atoms. The van der Waals surface area contributed by atoms with Crippen LogP contribution in [0, 0.1) is 0 Å². The second-order valence-corrected chi connectivity index (χ2v) is 3.82. The fourth-order valence-electron chi connectivity index (χ4n) is 1.51. The second-order valence-electron chi connectivity index (χ2n) is 3.82. The topological polar surface area (TPSA) is 51.0 Å². The number of aliphatic hydroxyl groups is 1. The van der Waals surface area contributed by atoms with Gasteiger partial charge in [0.25, 0.3) is 0 Å². The summed E-state index contributed by atoms with van der Waals surface area (Å²) in [4.78, 5) is 4.12. The number of rotatable bonds is 2. The van der Waals surface area contributed by atoms with E-state index < -0.39 is 18.4 Å². The molecule has 2 rings (SSSR count). The number of methoxy groups -OCH3 is 1. The van der Waals surface area contributed by atoms with Crippen molar-refractivity contribution in [2.45, 2.75) is 18.4 Å². The maximum Gasteiger partial charge on any atom is 0.458 e. The van der Waals surface area contributed by atoms with Crippen LogP contribution in [0.4, 0.5) is 13.2 Å². The van der Waals surface area contributed by atoms with Crippen molar-refractivity contribution in [1.82, 2.24) is 0 Å². The Morgan fingerprint density at radius 2 is 1.94 bits per heavy atom. The number of halogens is 3. The highest BCUT2D eigenvalue weighted by atomic mass is 19.4. The van der Waals surface area contributed by atoms with Gasteiger partial charge in [0.1, 0.15) is 5.75 Å². The third-order valence-corrected chi connectivity index (χ3v) is 2.58. The number of alkyl halides is 3. The first-order valence-electron chi connectivity index (χ1n) is 5.04. The molecule has 0 saturated carbocycles. The van der Waals surface area contributed by atoms with E-state index in [1.165, 1.54) is 7.11 Å². The summed E-state index contributed by atoms with van der Waals surface area (Å²) < 4.78 is 42.4. The van der Waals surface area contributed by atoms with E-state index in [1.807, 2.05) is 0 Å². The molecule has 1 N–H and O–H groups in total. The van der Waals surface area contributed by atoms with Crippen LogP contribution in [0.25, 0.3) is 0 Å². The molecule has 0 aromatic heterocycles. The van der Waals surface area contributed by atoms with Crippen molar-refractivity contribution >= 4 is 5.71 Å². The fraction of sp³-hybridized carbons (Fsp3) is 0.364. The average molecular weight is 261 g/mol. The summed E-state index contributed by atoms with van der Waals surface area (Å²) in [6.07, 6.45) is -5.62. The van der Waals surface area contributed by atoms with Gasteiger partial charge in [0.05, 0.1) is 19.2 Å². The highest BCUT2D eigenvalue weighted by Crippen LogP contribution is 2.38. The molecule has 0 fully saturated rings. The third-order valence-electron chi connectivity index (χ3n) is 2.58. The Labute approximate surface area is 101 Å². The van der Waals surface area contributed by atoms with Gasteiger partial charge in [-0.1, -0.05) is 5.16 Å². The first kappa shape index (κ1) is 12.7. The van der Waals surface area contributed by atoms with Crippen LogP contribution in [-0.2, 0) is 4.84 Å². The highest BCUT2D eigenvalue weighted by molar-refractivity contribution is 6.01. The Bertz CT molecular complexity index is 469. The predicted octanol–water partition coefficient (Wildman–Crippen LogP) is 2.07. The lowest BCUT2D eigenvalue weighted by Crippen LogP contribution is -2.45. The number of benzene rings is 1. The van der Waals surface area contributed by atoms with E-state index in [2.05, 4.69) is 9.99 Å². The van der Waals surface area contributed by atoms with Crippen LogP contribution in [0.2, 0.25) is 0 Å². The molecule has 1 aromatic rings. The van der Waals surface area contributed by atoms with E-state index in [0.29, 0.717) is 11.3 Å². The van der Waals surface area contributed by atoms with Crippen LogP contribution in [0.5, 0.6) is 5.75 Å². The van der Waals surface area contributed by atoms with Gasteiger partial charge in [0.2, 0.25) is 0 Å². The molecular formula is C11H10F3NO3. The Morgan fingerprint density at radius 3 is 2.39 bits per heavy atom. The van der Waals surface area contributed by atoms with Gasteiger partial charge in [-0.25, -0.2) is 0 Å². The summed E-state index contributed by atoms with van der Waals surface area (Å²) in [5.74, 6) is -2.66. The Kier molecular flexibility index (Phi) is 2.94. The molecule has 4 nitrogen and oxygen atoms in total. The van der Waals surface area contributed by atoms with Crippen molar-refractivity contribution in [3.63, 3.8) is 0 Å². The largest absolute Gasteiger partial charge is 0.497 e. The lowest BCUT2D eigenvalue weighted by Gasteiger charge is -2.22. The zero-order chi connectivity index (χ0) is 13.4. The molecule has 1 aliphatic heterocycles. The van der Waals surface area contributed by atoms with Gasteiger partial charge in [-0.15, -0.1) is 0 Å². The normalized spacial score (nSPS) is 23.5. The molecule has 1 atom stereocenters. The summed E-state index contributed by atoms with van der Waals surface area (Å²) in [7, 11) is 1.48. The zero-order valence-corrected chi connectivity index (χ0v) is 9.36. The van der Waals surface area contributed by atoms with Crippen molar-refractivity contribution in [3.05, 3.63) is 29.8 Å². The molecule has 1 aromatic carbocycles. The molecular weight excluding hydrogens is 251 g/mol. The summed E-state index contributed by atoms with van der Waals surface area (Å²) in [6, 6.07) is 6.26. The zero-order valence-electron chi connectivity index (χ0n) is 9.36. The van der Waals surface area contributed by atoms with E-state index in [4.69, 9.17) is 4.74 Å². The molecule has 1 unspecified atom stereocenters. The van der Waals surface area contributed by atoms with Crippen molar-refractivity contribution in [1.29, 1.82) is 0 Å². The van der Waals surface area contributed by atoms with E-state index in [1.54, 1.807) is 24.3 Å². The van der Waals surface area contributed by atoms with Gasteiger partial charge >= 0.3 is 12.0 Å². The number of oxime groups is 1. The summed E-state index contributed by atoms with van der Waals surface area (Å²) >= 11 is 0. The number of nitrogens with zero attached hydrogens (tertiary/aromatic N) is 1. The highest BCUT2D eigenvalue weighted by Gasteiger charge is 2.60. The molecule has 98 valence electrons. The van der Waals surface area contributed by atoms with Crippen LogP contribution < -0.4 is 4.74 Å². The maximum absolute atomic E-state index is 12.5. The van der Waals surface area contributed by atoms with Crippen LogP contribution in [0.15, 0.2) is 29.4 Å². The third kappa shape index (κ3) is 2.13.